The predicted molar refractivity (Wildman–Crippen MR) is 74.6 cm³/mol. The van der Waals surface area contributed by atoms with Crippen LogP contribution in [0.5, 0.6) is 0 Å². The summed E-state index contributed by atoms with van der Waals surface area (Å²) >= 11 is 0. The lowest BCUT2D eigenvalue weighted by molar-refractivity contribution is -0.483. The molecule has 2 heteroatoms. The zero-order valence-corrected chi connectivity index (χ0v) is 11.6. The van der Waals surface area contributed by atoms with Crippen molar-refractivity contribution in [2.45, 2.75) is 40.7 Å². The summed E-state index contributed by atoms with van der Waals surface area (Å²) in [6.45, 7) is 13.9. The molecule has 0 aromatic rings. The monoisotopic (exact) mass is 223 g/mol. The Morgan fingerprint density at radius 1 is 1.19 bits per heavy atom. The van der Waals surface area contributed by atoms with Gasteiger partial charge in [0.15, 0.2) is 0 Å². The lowest BCUT2D eigenvalue weighted by Crippen LogP contribution is -2.71. The predicted octanol–water partition coefficient (Wildman–Crippen LogP) is 1.81. The molecule has 0 saturated carbocycles. The summed E-state index contributed by atoms with van der Waals surface area (Å²) in [6, 6.07) is 0.523. The molecule has 16 heavy (non-hydrogen) atoms. The molecule has 0 rings (SSSR count). The van der Waals surface area contributed by atoms with E-state index in [9.17, 15) is 0 Å². The molecule has 0 amide bonds. The van der Waals surface area contributed by atoms with Gasteiger partial charge in [-0.25, -0.2) is 0 Å². The van der Waals surface area contributed by atoms with E-state index in [0.29, 0.717) is 6.04 Å². The number of hydrogen-bond acceptors (Lipinski definition) is 1. The lowest BCUT2D eigenvalue weighted by atomic mass is 10.2. The maximum Gasteiger partial charge on any atom is 0.144 e. The van der Waals surface area contributed by atoms with Crippen molar-refractivity contribution in [1.82, 2.24) is 5.32 Å². The summed E-state index contributed by atoms with van der Waals surface area (Å²) in [7, 11) is 1.89. The zero-order valence-electron chi connectivity index (χ0n) is 11.6. The Hall–Kier alpha value is -1.31. The van der Waals surface area contributed by atoms with Crippen molar-refractivity contribution >= 4 is 6.72 Å². The summed E-state index contributed by atoms with van der Waals surface area (Å²) < 4.78 is 0. The number of allylic oxidation sites excluding steroid dienone is 5. The van der Waals surface area contributed by atoms with Gasteiger partial charge in [0.1, 0.15) is 12.8 Å². The smallest absolute Gasteiger partial charge is 0.144 e. The minimum atomic E-state index is 0.523. The highest BCUT2D eigenvalue weighted by Gasteiger charge is 1.82. The second-order valence-corrected chi connectivity index (χ2v) is 4.05. The van der Waals surface area contributed by atoms with Crippen LogP contribution in [0.15, 0.2) is 35.6 Å². The van der Waals surface area contributed by atoms with Gasteiger partial charge in [0.2, 0.25) is 0 Å². The third kappa shape index (κ3) is 15.2. The van der Waals surface area contributed by atoms with Crippen LogP contribution in [0.4, 0.5) is 0 Å². The van der Waals surface area contributed by atoms with Crippen LogP contribution in [0.25, 0.3) is 0 Å². The van der Waals surface area contributed by atoms with Crippen LogP contribution in [-0.4, -0.2) is 19.8 Å². The summed E-state index contributed by atoms with van der Waals surface area (Å²) in [4.78, 5) is 2.78. The first-order chi connectivity index (χ1) is 7.45. The van der Waals surface area contributed by atoms with E-state index < -0.39 is 0 Å². The van der Waals surface area contributed by atoms with Crippen molar-refractivity contribution in [2.24, 2.45) is 0 Å². The minimum absolute atomic E-state index is 0.523. The molecule has 0 fully saturated rings. The molecule has 0 unspecified atom stereocenters. The Morgan fingerprint density at radius 3 is 2.00 bits per heavy atom. The molecule has 0 heterocycles. The maximum absolute atomic E-state index is 3.44. The normalized spacial score (nSPS) is 10.2. The SMILES string of the molecule is C=[NH+]C(C)C.CNC=CC=CC(C)=C(C)C. The Bertz CT molecular complexity index is 254. The first-order valence-electron chi connectivity index (χ1n) is 5.62. The van der Waals surface area contributed by atoms with E-state index in [1.54, 1.807) is 0 Å². The molecule has 0 aromatic carbocycles. The van der Waals surface area contributed by atoms with Crippen LogP contribution in [-0.2, 0) is 0 Å². The van der Waals surface area contributed by atoms with Crippen LogP contribution in [0.1, 0.15) is 34.6 Å². The number of hydrogen-bond donors (Lipinski definition) is 2. The van der Waals surface area contributed by atoms with Gasteiger partial charge in [-0.15, -0.1) is 0 Å². The molecule has 92 valence electrons. The van der Waals surface area contributed by atoms with Crippen molar-refractivity contribution in [3.05, 3.63) is 35.6 Å². The summed E-state index contributed by atoms with van der Waals surface area (Å²) in [5.74, 6) is 0. The molecule has 0 aliphatic heterocycles. The van der Waals surface area contributed by atoms with E-state index in [1.807, 2.05) is 39.2 Å². The van der Waals surface area contributed by atoms with Crippen molar-refractivity contribution in [3.8, 4) is 0 Å². The van der Waals surface area contributed by atoms with E-state index in [1.165, 1.54) is 11.1 Å². The van der Waals surface area contributed by atoms with Gasteiger partial charge in [-0.2, -0.15) is 0 Å². The van der Waals surface area contributed by atoms with Crippen LogP contribution >= 0.6 is 0 Å². The quantitative estimate of drug-likeness (QED) is 0.552. The Balaban J connectivity index is 0. The molecule has 0 aromatic heterocycles. The molecule has 2 nitrogen and oxygen atoms in total. The van der Waals surface area contributed by atoms with Crippen molar-refractivity contribution < 1.29 is 4.99 Å². The summed E-state index contributed by atoms with van der Waals surface area (Å²) in [5.41, 5.74) is 2.69. The van der Waals surface area contributed by atoms with Gasteiger partial charge < -0.3 is 5.32 Å². The molecule has 0 aliphatic rings. The van der Waals surface area contributed by atoms with Crippen LogP contribution < -0.4 is 10.3 Å². The molecular formula is C14H27N2+. The lowest BCUT2D eigenvalue weighted by Gasteiger charge is -1.92. The number of nitrogens with one attached hydrogen (secondary N) is 2. The molecule has 0 saturated heterocycles. The van der Waals surface area contributed by atoms with E-state index in [4.69, 9.17) is 0 Å². The molecule has 2 N–H and O–H groups in total. The van der Waals surface area contributed by atoms with Gasteiger partial charge in [0, 0.05) is 7.05 Å². The van der Waals surface area contributed by atoms with Crippen molar-refractivity contribution in [3.63, 3.8) is 0 Å². The highest BCUT2D eigenvalue weighted by atomic mass is 14.8. The fourth-order valence-electron chi connectivity index (χ4n) is 0.518. The van der Waals surface area contributed by atoms with E-state index in [2.05, 4.69) is 43.9 Å². The van der Waals surface area contributed by atoms with E-state index in [-0.39, 0.29) is 0 Å². The van der Waals surface area contributed by atoms with Crippen molar-refractivity contribution in [1.29, 1.82) is 0 Å². The van der Waals surface area contributed by atoms with E-state index >= 15 is 0 Å². The molecule has 0 spiro atoms. The van der Waals surface area contributed by atoms with E-state index in [0.717, 1.165) is 0 Å². The highest BCUT2D eigenvalue weighted by molar-refractivity contribution is 5.23. The second-order valence-electron chi connectivity index (χ2n) is 4.05. The average molecular weight is 223 g/mol. The largest absolute Gasteiger partial charge is 0.394 e. The molecule has 0 atom stereocenters. The fourth-order valence-corrected chi connectivity index (χ4v) is 0.518. The summed E-state index contributed by atoms with van der Waals surface area (Å²) in [5, 5.41) is 2.92. The fraction of sp³-hybridized carbons (Fsp3) is 0.500. The summed E-state index contributed by atoms with van der Waals surface area (Å²) in [6.07, 6.45) is 8.00. The zero-order chi connectivity index (χ0) is 13.0. The third-order valence-corrected chi connectivity index (χ3v) is 1.92. The van der Waals surface area contributed by atoms with Crippen molar-refractivity contribution in [2.75, 3.05) is 7.05 Å². The molecule has 0 bridgehead atoms. The first-order valence-corrected chi connectivity index (χ1v) is 5.62. The van der Waals surface area contributed by atoms with Gasteiger partial charge >= 0.3 is 0 Å². The Morgan fingerprint density at radius 2 is 1.69 bits per heavy atom. The first kappa shape index (κ1) is 17.1. The van der Waals surface area contributed by atoms with Crippen LogP contribution in [0.3, 0.4) is 0 Å². The average Bonchev–Trinajstić information content (AvgIpc) is 2.24. The van der Waals surface area contributed by atoms with Crippen LogP contribution in [0, 0.1) is 0 Å². The molecule has 0 aliphatic carbocycles. The van der Waals surface area contributed by atoms with Gasteiger partial charge in [0.05, 0.1) is 0 Å². The topological polar surface area (TPSA) is 26.0 Å². The standard InChI is InChI=1S/C10H17N.C4H9N/c1-9(2)10(3)7-5-6-8-11-4;1-4(2)5-3/h5-8,11H,1-4H3;4H,3H2,1-2H3/p+1. The minimum Gasteiger partial charge on any atom is -0.394 e. The van der Waals surface area contributed by atoms with Gasteiger partial charge in [-0.05, 0) is 46.9 Å². The van der Waals surface area contributed by atoms with Gasteiger partial charge in [0.25, 0.3) is 0 Å². The third-order valence-electron chi connectivity index (χ3n) is 1.92. The molecule has 0 radical (unpaired) electrons. The Labute approximate surface area is 101 Å². The maximum atomic E-state index is 3.44. The second kappa shape index (κ2) is 11.8. The van der Waals surface area contributed by atoms with Gasteiger partial charge in [-0.3, -0.25) is 4.99 Å². The Kier molecular flexibility index (Phi) is 12.6. The molecular weight excluding hydrogens is 196 g/mol. The van der Waals surface area contributed by atoms with Gasteiger partial charge in [-0.1, -0.05) is 23.3 Å². The highest BCUT2D eigenvalue weighted by Crippen LogP contribution is 2.02. The number of rotatable bonds is 4. The van der Waals surface area contributed by atoms with Crippen LogP contribution in [0.2, 0.25) is 0 Å².